The molecule has 0 aliphatic carbocycles. The van der Waals surface area contributed by atoms with Crippen molar-refractivity contribution >= 4 is 0 Å². The van der Waals surface area contributed by atoms with Crippen molar-refractivity contribution in [1.82, 2.24) is 10.2 Å². The van der Waals surface area contributed by atoms with E-state index in [0.29, 0.717) is 0 Å². The van der Waals surface area contributed by atoms with Crippen LogP contribution in [0.25, 0.3) is 0 Å². The molecule has 96 valence electrons. The Labute approximate surface area is 100 Å². The fraction of sp³-hybridized carbons (Fsp3) is 1.00. The summed E-state index contributed by atoms with van der Waals surface area (Å²) in [5, 5.41) is 12.6. The summed E-state index contributed by atoms with van der Waals surface area (Å²) in [5.74, 6) is 0. The summed E-state index contributed by atoms with van der Waals surface area (Å²) in [7, 11) is 0. The molecule has 1 aliphatic heterocycles. The summed E-state index contributed by atoms with van der Waals surface area (Å²) < 4.78 is 0. The number of likely N-dealkylation sites (N-methyl/N-ethyl adjacent to an activating group) is 1. The molecule has 3 unspecified atom stereocenters. The summed E-state index contributed by atoms with van der Waals surface area (Å²) in [6.07, 6.45) is 5.01. The SMILES string of the molecule is CCNC(CO)CCN1C(C)CCC1CC. The van der Waals surface area contributed by atoms with E-state index in [1.165, 1.54) is 19.3 Å². The number of hydrogen-bond acceptors (Lipinski definition) is 3. The zero-order chi connectivity index (χ0) is 12.0. The van der Waals surface area contributed by atoms with Gasteiger partial charge in [0.05, 0.1) is 6.61 Å². The smallest absolute Gasteiger partial charge is 0.0585 e. The van der Waals surface area contributed by atoms with Crippen LogP contribution in [0.5, 0.6) is 0 Å². The maximum Gasteiger partial charge on any atom is 0.0585 e. The molecular formula is C13H28N2O. The minimum absolute atomic E-state index is 0.257. The van der Waals surface area contributed by atoms with E-state index in [0.717, 1.165) is 31.6 Å². The van der Waals surface area contributed by atoms with Gasteiger partial charge in [0.2, 0.25) is 0 Å². The molecule has 1 aliphatic rings. The average Bonchev–Trinajstić information content (AvgIpc) is 2.65. The molecule has 0 spiro atoms. The van der Waals surface area contributed by atoms with Crippen LogP contribution in [0, 0.1) is 0 Å². The van der Waals surface area contributed by atoms with Crippen molar-refractivity contribution in [1.29, 1.82) is 0 Å². The second-order valence-electron chi connectivity index (χ2n) is 4.95. The highest BCUT2D eigenvalue weighted by Crippen LogP contribution is 2.25. The number of nitrogens with zero attached hydrogens (tertiary/aromatic N) is 1. The van der Waals surface area contributed by atoms with Crippen molar-refractivity contribution in [2.24, 2.45) is 0 Å². The fourth-order valence-electron chi connectivity index (χ4n) is 2.82. The Balaban J connectivity index is 2.34. The number of aliphatic hydroxyl groups is 1. The number of likely N-dealkylation sites (tertiary alicyclic amines) is 1. The van der Waals surface area contributed by atoms with Crippen LogP contribution in [0.2, 0.25) is 0 Å². The summed E-state index contributed by atoms with van der Waals surface area (Å²) in [6, 6.07) is 1.78. The first kappa shape index (κ1) is 13.9. The molecule has 0 aromatic heterocycles. The van der Waals surface area contributed by atoms with E-state index in [-0.39, 0.29) is 12.6 Å². The maximum atomic E-state index is 9.24. The summed E-state index contributed by atoms with van der Waals surface area (Å²) in [4.78, 5) is 2.62. The first-order valence-corrected chi connectivity index (χ1v) is 6.82. The van der Waals surface area contributed by atoms with Crippen LogP contribution >= 0.6 is 0 Å². The lowest BCUT2D eigenvalue weighted by Gasteiger charge is -2.29. The molecule has 1 fully saturated rings. The molecule has 1 heterocycles. The molecule has 0 aromatic carbocycles. The number of rotatable bonds is 7. The summed E-state index contributed by atoms with van der Waals surface area (Å²) in [5.41, 5.74) is 0. The number of hydrogen-bond donors (Lipinski definition) is 2. The second-order valence-corrected chi connectivity index (χ2v) is 4.95. The molecule has 0 aromatic rings. The van der Waals surface area contributed by atoms with Gasteiger partial charge >= 0.3 is 0 Å². The first-order chi connectivity index (χ1) is 7.72. The van der Waals surface area contributed by atoms with Crippen LogP contribution in [0.4, 0.5) is 0 Å². The van der Waals surface area contributed by atoms with Gasteiger partial charge in [0.15, 0.2) is 0 Å². The Morgan fingerprint density at radius 1 is 1.38 bits per heavy atom. The number of nitrogens with one attached hydrogen (secondary N) is 1. The lowest BCUT2D eigenvalue weighted by molar-refractivity contribution is 0.169. The van der Waals surface area contributed by atoms with Gasteiger partial charge in [-0.05, 0) is 39.2 Å². The molecule has 1 saturated heterocycles. The lowest BCUT2D eigenvalue weighted by Crippen LogP contribution is -2.40. The van der Waals surface area contributed by atoms with E-state index >= 15 is 0 Å². The van der Waals surface area contributed by atoms with Gasteiger partial charge in [-0.15, -0.1) is 0 Å². The Bertz CT molecular complexity index is 187. The fourth-order valence-corrected chi connectivity index (χ4v) is 2.82. The highest BCUT2D eigenvalue weighted by molar-refractivity contribution is 4.85. The van der Waals surface area contributed by atoms with Gasteiger partial charge in [0.25, 0.3) is 0 Å². The van der Waals surface area contributed by atoms with Gasteiger partial charge in [-0.25, -0.2) is 0 Å². The van der Waals surface area contributed by atoms with Gasteiger partial charge in [0.1, 0.15) is 0 Å². The molecule has 0 bridgehead atoms. The van der Waals surface area contributed by atoms with E-state index < -0.39 is 0 Å². The van der Waals surface area contributed by atoms with Crippen LogP contribution < -0.4 is 5.32 Å². The van der Waals surface area contributed by atoms with Crippen LogP contribution in [-0.2, 0) is 0 Å². The molecular weight excluding hydrogens is 200 g/mol. The molecule has 0 amide bonds. The third-order valence-electron chi connectivity index (χ3n) is 3.87. The van der Waals surface area contributed by atoms with Gasteiger partial charge in [-0.2, -0.15) is 0 Å². The Morgan fingerprint density at radius 2 is 2.12 bits per heavy atom. The Kier molecular flexibility index (Phi) is 6.32. The molecule has 2 N–H and O–H groups in total. The molecule has 3 atom stereocenters. The van der Waals surface area contributed by atoms with Crippen molar-refractivity contribution < 1.29 is 5.11 Å². The molecule has 1 rings (SSSR count). The molecule has 3 nitrogen and oxygen atoms in total. The van der Waals surface area contributed by atoms with E-state index in [9.17, 15) is 5.11 Å². The van der Waals surface area contributed by atoms with Crippen LogP contribution in [0.15, 0.2) is 0 Å². The zero-order valence-electron chi connectivity index (χ0n) is 11.1. The van der Waals surface area contributed by atoms with Gasteiger partial charge < -0.3 is 10.4 Å². The van der Waals surface area contributed by atoms with Crippen LogP contribution in [-0.4, -0.2) is 47.8 Å². The standard InChI is InChI=1S/C13H28N2O/c1-4-13-7-6-11(3)15(13)9-8-12(10-16)14-5-2/h11-14,16H,4-10H2,1-3H3. The highest BCUT2D eigenvalue weighted by atomic mass is 16.3. The predicted molar refractivity (Wildman–Crippen MR) is 68.6 cm³/mol. The van der Waals surface area contributed by atoms with Crippen molar-refractivity contribution in [2.75, 3.05) is 19.7 Å². The summed E-state index contributed by atoms with van der Waals surface area (Å²) >= 11 is 0. The second kappa shape index (κ2) is 7.25. The lowest BCUT2D eigenvalue weighted by atomic mass is 10.1. The molecule has 0 saturated carbocycles. The molecule has 0 radical (unpaired) electrons. The van der Waals surface area contributed by atoms with Crippen LogP contribution in [0.3, 0.4) is 0 Å². The highest BCUT2D eigenvalue weighted by Gasteiger charge is 2.28. The normalized spacial score (nSPS) is 28.5. The summed E-state index contributed by atoms with van der Waals surface area (Å²) in [6.45, 7) is 9.03. The van der Waals surface area contributed by atoms with Crippen molar-refractivity contribution in [3.8, 4) is 0 Å². The quantitative estimate of drug-likeness (QED) is 0.695. The van der Waals surface area contributed by atoms with E-state index in [1.54, 1.807) is 0 Å². The largest absolute Gasteiger partial charge is 0.395 e. The molecule has 16 heavy (non-hydrogen) atoms. The average molecular weight is 228 g/mol. The third kappa shape index (κ3) is 3.72. The number of aliphatic hydroxyl groups excluding tert-OH is 1. The minimum Gasteiger partial charge on any atom is -0.395 e. The van der Waals surface area contributed by atoms with E-state index in [2.05, 4.69) is 31.0 Å². The van der Waals surface area contributed by atoms with Gasteiger partial charge in [-0.1, -0.05) is 13.8 Å². The van der Waals surface area contributed by atoms with E-state index in [1.807, 2.05) is 0 Å². The minimum atomic E-state index is 0.257. The van der Waals surface area contributed by atoms with Gasteiger partial charge in [-0.3, -0.25) is 4.90 Å². The van der Waals surface area contributed by atoms with E-state index in [4.69, 9.17) is 0 Å². The monoisotopic (exact) mass is 228 g/mol. The van der Waals surface area contributed by atoms with Crippen molar-refractivity contribution in [2.45, 2.75) is 64.6 Å². The predicted octanol–water partition coefficient (Wildman–Crippen LogP) is 1.61. The molecule has 3 heteroatoms. The first-order valence-electron chi connectivity index (χ1n) is 6.82. The Morgan fingerprint density at radius 3 is 2.69 bits per heavy atom. The maximum absolute atomic E-state index is 9.24. The Hall–Kier alpha value is -0.120. The van der Waals surface area contributed by atoms with Gasteiger partial charge in [0, 0.05) is 24.7 Å². The van der Waals surface area contributed by atoms with Crippen molar-refractivity contribution in [3.63, 3.8) is 0 Å². The zero-order valence-corrected chi connectivity index (χ0v) is 11.1. The van der Waals surface area contributed by atoms with Crippen molar-refractivity contribution in [3.05, 3.63) is 0 Å². The van der Waals surface area contributed by atoms with Crippen LogP contribution in [0.1, 0.15) is 46.5 Å². The third-order valence-corrected chi connectivity index (χ3v) is 3.87. The topological polar surface area (TPSA) is 35.5 Å².